The molecule has 0 N–H and O–H groups in total. The predicted molar refractivity (Wildman–Crippen MR) is 135 cm³/mol. The van der Waals surface area contributed by atoms with E-state index in [1.54, 1.807) is 13.0 Å². The maximum Gasteiger partial charge on any atom is 0.339 e. The van der Waals surface area contributed by atoms with Crippen molar-refractivity contribution >= 4 is 23.0 Å². The van der Waals surface area contributed by atoms with Gasteiger partial charge in [0.1, 0.15) is 17.7 Å². The van der Waals surface area contributed by atoms with E-state index in [-0.39, 0.29) is 34.7 Å². The second-order valence-corrected chi connectivity index (χ2v) is 9.81. The third-order valence-corrected chi connectivity index (χ3v) is 6.91. The first-order chi connectivity index (χ1) is 18.3. The Morgan fingerprint density at radius 2 is 1.95 bits per heavy atom. The Kier molecular flexibility index (Phi) is 6.02. The first kappa shape index (κ1) is 24.4. The Labute approximate surface area is 217 Å². The Morgan fingerprint density at radius 1 is 1.13 bits per heavy atom. The number of carbonyl (C=O) groups excluding carboxylic acids is 1. The number of ether oxygens (including phenoxy) is 2. The lowest BCUT2D eigenvalue weighted by atomic mass is 10.0. The third kappa shape index (κ3) is 4.47. The fourth-order valence-electron chi connectivity index (χ4n) is 4.83. The monoisotopic (exact) mass is 520 g/mol. The van der Waals surface area contributed by atoms with E-state index in [1.807, 2.05) is 28.9 Å². The highest BCUT2D eigenvalue weighted by molar-refractivity contribution is 5.99. The van der Waals surface area contributed by atoms with E-state index in [1.165, 1.54) is 19.2 Å². The molecule has 3 aromatic heterocycles. The highest BCUT2D eigenvalue weighted by atomic mass is 19.1. The van der Waals surface area contributed by atoms with Crippen LogP contribution in [0.2, 0.25) is 0 Å². The first-order valence-corrected chi connectivity index (χ1v) is 12.5. The molecule has 2 atom stereocenters. The minimum Gasteiger partial charge on any atom is -0.465 e. The molecular formula is C27H26F2N6O3. The molecule has 0 amide bonds. The number of aromatic nitrogens is 5. The van der Waals surface area contributed by atoms with Crippen molar-refractivity contribution in [1.29, 1.82) is 0 Å². The molecule has 6 rings (SSSR count). The van der Waals surface area contributed by atoms with Gasteiger partial charge in [0.25, 0.3) is 0 Å². The zero-order valence-electron chi connectivity index (χ0n) is 21.2. The van der Waals surface area contributed by atoms with Crippen molar-refractivity contribution in [1.82, 2.24) is 24.7 Å². The quantitative estimate of drug-likeness (QED) is 0.354. The van der Waals surface area contributed by atoms with Gasteiger partial charge in [0.15, 0.2) is 5.65 Å². The zero-order valence-corrected chi connectivity index (χ0v) is 21.2. The van der Waals surface area contributed by atoms with E-state index in [9.17, 15) is 9.18 Å². The van der Waals surface area contributed by atoms with Gasteiger partial charge in [0.2, 0.25) is 5.95 Å². The molecular weight excluding hydrogens is 494 g/mol. The van der Waals surface area contributed by atoms with Crippen molar-refractivity contribution in [3.05, 3.63) is 65.1 Å². The Balaban J connectivity index is 1.45. The summed E-state index contributed by atoms with van der Waals surface area (Å²) in [4.78, 5) is 28.3. The highest BCUT2D eigenvalue weighted by Gasteiger charge is 2.32. The summed E-state index contributed by atoms with van der Waals surface area (Å²) in [5.74, 6) is -1.73. The summed E-state index contributed by atoms with van der Waals surface area (Å²) in [6, 6.07) is 5.30. The lowest BCUT2D eigenvalue weighted by Crippen LogP contribution is -2.43. The van der Waals surface area contributed by atoms with Crippen molar-refractivity contribution in [2.24, 2.45) is 0 Å². The van der Waals surface area contributed by atoms with Gasteiger partial charge in [0, 0.05) is 35.3 Å². The van der Waals surface area contributed by atoms with Crippen molar-refractivity contribution in [2.45, 2.75) is 44.9 Å². The molecule has 0 bridgehead atoms. The molecule has 9 nitrogen and oxygen atoms in total. The van der Waals surface area contributed by atoms with Gasteiger partial charge in [-0.05, 0) is 44.9 Å². The maximum atomic E-state index is 15.0. The topological polar surface area (TPSA) is 95.3 Å². The smallest absolute Gasteiger partial charge is 0.339 e. The maximum absolute atomic E-state index is 15.0. The van der Waals surface area contributed by atoms with E-state index in [2.05, 4.69) is 10.1 Å². The number of esters is 1. The number of anilines is 1. The molecule has 2 aliphatic rings. The number of halogens is 2. The number of hydrogen-bond acceptors (Lipinski definition) is 8. The van der Waals surface area contributed by atoms with Crippen LogP contribution in [0.1, 0.15) is 53.5 Å². The zero-order chi connectivity index (χ0) is 26.6. The molecule has 196 valence electrons. The average molecular weight is 521 g/mol. The molecule has 1 saturated carbocycles. The van der Waals surface area contributed by atoms with Gasteiger partial charge < -0.3 is 14.4 Å². The standard InChI is InChI=1S/C27H26F2N6O3/c1-14-11-34(13-23(38-14)16-10-30-35(12-16)18-5-6-18)27-32-24(19-7-4-17(28)8-22(19)29)21-9-20(26(36)37-3)15(2)31-25(21)33-27/h4,7-10,12,14,18,23H,5-6,11,13H2,1-3H3. The van der Waals surface area contributed by atoms with Crippen LogP contribution in [-0.4, -0.2) is 57.0 Å². The minimum atomic E-state index is -0.781. The van der Waals surface area contributed by atoms with Gasteiger partial charge in [-0.25, -0.2) is 23.5 Å². The van der Waals surface area contributed by atoms with E-state index >= 15 is 4.39 Å². The van der Waals surface area contributed by atoms with Crippen LogP contribution in [0.4, 0.5) is 14.7 Å². The first-order valence-electron chi connectivity index (χ1n) is 12.5. The lowest BCUT2D eigenvalue weighted by molar-refractivity contribution is -0.0178. The van der Waals surface area contributed by atoms with Gasteiger partial charge in [0.05, 0.1) is 48.9 Å². The van der Waals surface area contributed by atoms with Gasteiger partial charge >= 0.3 is 5.97 Å². The number of carbonyl (C=O) groups is 1. The van der Waals surface area contributed by atoms with E-state index in [4.69, 9.17) is 19.4 Å². The molecule has 4 heterocycles. The van der Waals surface area contributed by atoms with Gasteiger partial charge in [-0.2, -0.15) is 10.1 Å². The molecule has 0 spiro atoms. The molecule has 2 fully saturated rings. The summed E-state index contributed by atoms with van der Waals surface area (Å²) < 4.78 is 41.8. The van der Waals surface area contributed by atoms with Crippen LogP contribution in [0.15, 0.2) is 36.7 Å². The van der Waals surface area contributed by atoms with Crippen LogP contribution in [0.5, 0.6) is 0 Å². The second kappa shape index (κ2) is 9.39. The minimum absolute atomic E-state index is 0.0742. The van der Waals surface area contributed by atoms with Crippen molar-refractivity contribution in [3.8, 4) is 11.3 Å². The van der Waals surface area contributed by atoms with E-state index < -0.39 is 17.6 Å². The van der Waals surface area contributed by atoms with Crippen molar-refractivity contribution < 1.29 is 23.0 Å². The normalized spacial score (nSPS) is 19.7. The average Bonchev–Trinajstić information content (AvgIpc) is 3.63. The summed E-state index contributed by atoms with van der Waals surface area (Å²) in [5, 5.41) is 4.85. The Morgan fingerprint density at radius 3 is 2.68 bits per heavy atom. The fourth-order valence-corrected chi connectivity index (χ4v) is 4.83. The summed E-state index contributed by atoms with van der Waals surface area (Å²) in [7, 11) is 1.27. The van der Waals surface area contributed by atoms with Crippen molar-refractivity contribution in [3.63, 3.8) is 0 Å². The number of aryl methyl sites for hydroxylation is 1. The van der Waals surface area contributed by atoms with Crippen LogP contribution in [-0.2, 0) is 9.47 Å². The van der Waals surface area contributed by atoms with Crippen LogP contribution in [0, 0.1) is 18.6 Å². The van der Waals surface area contributed by atoms with Crippen LogP contribution in [0.3, 0.4) is 0 Å². The fraction of sp³-hybridized carbons (Fsp3) is 0.370. The number of rotatable bonds is 5. The molecule has 1 aliphatic heterocycles. The summed E-state index contributed by atoms with van der Waals surface area (Å²) in [6.45, 7) is 4.60. The molecule has 1 aliphatic carbocycles. The summed E-state index contributed by atoms with van der Waals surface area (Å²) in [6.07, 6.45) is 5.73. The lowest BCUT2D eigenvalue weighted by Gasteiger charge is -2.36. The number of nitrogens with zero attached hydrogens (tertiary/aromatic N) is 6. The number of pyridine rings is 1. The van der Waals surface area contributed by atoms with E-state index in [0.717, 1.165) is 24.5 Å². The third-order valence-electron chi connectivity index (χ3n) is 6.91. The number of methoxy groups -OCH3 is 1. The van der Waals surface area contributed by atoms with Crippen LogP contribution in [0.25, 0.3) is 22.3 Å². The number of morpholine rings is 1. The number of fused-ring (bicyclic) bond motifs is 1. The number of benzene rings is 1. The molecule has 11 heteroatoms. The van der Waals surface area contributed by atoms with Gasteiger partial charge in [-0.1, -0.05) is 0 Å². The summed E-state index contributed by atoms with van der Waals surface area (Å²) >= 11 is 0. The van der Waals surface area contributed by atoms with E-state index in [0.29, 0.717) is 36.2 Å². The molecule has 1 saturated heterocycles. The molecule has 1 aromatic carbocycles. The van der Waals surface area contributed by atoms with Crippen LogP contribution >= 0.6 is 0 Å². The van der Waals surface area contributed by atoms with Gasteiger partial charge in [-0.3, -0.25) is 4.68 Å². The highest BCUT2D eigenvalue weighted by Crippen LogP contribution is 2.36. The van der Waals surface area contributed by atoms with Gasteiger partial charge in [-0.15, -0.1) is 0 Å². The summed E-state index contributed by atoms with van der Waals surface area (Å²) in [5.41, 5.74) is 2.17. The predicted octanol–water partition coefficient (Wildman–Crippen LogP) is 4.56. The Bertz CT molecular complexity index is 1550. The largest absolute Gasteiger partial charge is 0.465 e. The molecule has 4 aromatic rings. The molecule has 2 unspecified atom stereocenters. The SMILES string of the molecule is COC(=O)c1cc2c(-c3ccc(F)cc3F)nc(N3CC(C)OC(c4cnn(C5CC5)c4)C3)nc2nc1C. The Hall–Kier alpha value is -3.99. The second-order valence-electron chi connectivity index (χ2n) is 9.81. The van der Waals surface area contributed by atoms with Crippen LogP contribution < -0.4 is 4.90 Å². The number of hydrogen-bond donors (Lipinski definition) is 0. The molecule has 0 radical (unpaired) electrons. The molecule has 38 heavy (non-hydrogen) atoms. The van der Waals surface area contributed by atoms with Crippen molar-refractivity contribution in [2.75, 3.05) is 25.1 Å².